The van der Waals surface area contributed by atoms with E-state index in [4.69, 9.17) is 0 Å². The van der Waals surface area contributed by atoms with E-state index in [-0.39, 0.29) is 23.9 Å². The molecule has 2 aliphatic rings. The summed E-state index contributed by atoms with van der Waals surface area (Å²) < 4.78 is 40.8. The van der Waals surface area contributed by atoms with E-state index in [1.54, 1.807) is 6.21 Å². The number of hydrogen-bond donors (Lipinski definition) is 0. The minimum absolute atomic E-state index is 0.0832. The number of rotatable bonds is 3. The molecule has 1 amide bonds. The third-order valence-electron chi connectivity index (χ3n) is 4.72. The van der Waals surface area contributed by atoms with Gasteiger partial charge < -0.3 is 9.64 Å². The fourth-order valence-corrected chi connectivity index (χ4v) is 3.56. The Kier molecular flexibility index (Phi) is 5.95. The Morgan fingerprint density at radius 3 is 2.56 bits per heavy atom. The molecule has 0 aromatic carbocycles. The molecule has 1 fully saturated rings. The van der Waals surface area contributed by atoms with E-state index in [0.717, 1.165) is 6.42 Å². The van der Waals surface area contributed by atoms with Gasteiger partial charge >= 0.3 is 18.1 Å². The lowest BCUT2D eigenvalue weighted by molar-refractivity contribution is -0.190. The second-order valence-corrected chi connectivity index (χ2v) is 6.77. The predicted octanol–water partition coefficient (Wildman–Crippen LogP) is 2.04. The number of likely N-dealkylation sites (tertiary alicyclic amines) is 1. The summed E-state index contributed by atoms with van der Waals surface area (Å²) in [5.74, 6) is -2.20. The summed E-state index contributed by atoms with van der Waals surface area (Å²) in [5.41, 5.74) is 0. The van der Waals surface area contributed by atoms with Crippen molar-refractivity contribution in [2.45, 2.75) is 51.9 Å². The number of amides is 1. The van der Waals surface area contributed by atoms with Crippen LogP contribution in [0.25, 0.3) is 0 Å². The third-order valence-corrected chi connectivity index (χ3v) is 4.72. The second-order valence-electron chi connectivity index (χ2n) is 6.77. The second kappa shape index (κ2) is 7.61. The molecule has 2 rings (SSSR count). The van der Waals surface area contributed by atoms with Crippen LogP contribution in [0.2, 0.25) is 0 Å². The Hall–Kier alpha value is -1.80. The van der Waals surface area contributed by atoms with Crippen molar-refractivity contribution in [3.63, 3.8) is 0 Å². The molecular weight excluding hydrogens is 339 g/mol. The van der Waals surface area contributed by atoms with Gasteiger partial charge in [-0.3, -0.25) is 9.80 Å². The Bertz CT molecular complexity index is 538. The number of nitrogens with zero attached hydrogens (tertiary/aromatic N) is 3. The van der Waals surface area contributed by atoms with Gasteiger partial charge in [0.15, 0.2) is 6.61 Å². The molecule has 0 spiro atoms. The lowest BCUT2D eigenvalue weighted by Crippen LogP contribution is -2.58. The van der Waals surface area contributed by atoms with E-state index < -0.39 is 24.7 Å². The molecule has 142 valence electrons. The lowest BCUT2D eigenvalue weighted by atomic mass is 9.85. The Labute approximate surface area is 145 Å². The van der Waals surface area contributed by atoms with Gasteiger partial charge in [-0.05, 0) is 25.7 Å². The largest absolute Gasteiger partial charge is 0.449 e. The maximum atomic E-state index is 12.5. The number of halogens is 3. The summed E-state index contributed by atoms with van der Waals surface area (Å²) in [6.07, 6.45) is -1.30. The van der Waals surface area contributed by atoms with Crippen LogP contribution in [0.3, 0.4) is 0 Å². The number of alkyl halides is 3. The molecule has 0 saturated carbocycles. The van der Waals surface area contributed by atoms with Crippen LogP contribution >= 0.6 is 0 Å². The third kappa shape index (κ3) is 4.64. The minimum atomic E-state index is -4.66. The van der Waals surface area contributed by atoms with Crippen molar-refractivity contribution in [1.29, 1.82) is 0 Å². The van der Waals surface area contributed by atoms with Gasteiger partial charge in [0.25, 0.3) is 0 Å². The first-order valence-corrected chi connectivity index (χ1v) is 8.49. The van der Waals surface area contributed by atoms with Crippen molar-refractivity contribution in [3.8, 4) is 0 Å². The number of hydrazone groups is 1. The van der Waals surface area contributed by atoms with Crippen LogP contribution in [-0.2, 0) is 14.3 Å². The zero-order chi connectivity index (χ0) is 18.8. The monoisotopic (exact) mass is 363 g/mol. The fraction of sp³-hybridized carbons (Fsp3) is 0.812. The number of carbonyl (C=O) groups excluding carboxylic acids is 2. The Balaban J connectivity index is 2.13. The number of carbonyl (C=O) groups is 2. The number of hydrogen-bond acceptors (Lipinski definition) is 5. The van der Waals surface area contributed by atoms with Crippen LogP contribution in [-0.4, -0.2) is 66.0 Å². The van der Waals surface area contributed by atoms with Gasteiger partial charge in [0.05, 0.1) is 12.1 Å². The molecule has 4 atom stereocenters. The van der Waals surface area contributed by atoms with Gasteiger partial charge in [-0.25, -0.2) is 4.79 Å². The van der Waals surface area contributed by atoms with Crippen LogP contribution in [0.5, 0.6) is 0 Å². The van der Waals surface area contributed by atoms with Crippen LogP contribution in [0, 0.1) is 11.8 Å². The molecule has 2 heterocycles. The molecule has 1 saturated heterocycles. The molecule has 2 unspecified atom stereocenters. The van der Waals surface area contributed by atoms with Crippen LogP contribution in [0.15, 0.2) is 5.10 Å². The first-order chi connectivity index (χ1) is 11.6. The molecule has 0 aliphatic carbocycles. The lowest BCUT2D eigenvalue weighted by Gasteiger charge is -2.44. The molecule has 0 aromatic heterocycles. The zero-order valence-corrected chi connectivity index (χ0v) is 14.6. The molecule has 2 aliphatic heterocycles. The van der Waals surface area contributed by atoms with Crippen LogP contribution < -0.4 is 0 Å². The smallest absolute Gasteiger partial charge is 0.422 e. The first kappa shape index (κ1) is 19.5. The number of ether oxygens (including phenoxy) is 1. The molecule has 0 aromatic rings. The average molecular weight is 363 g/mol. The number of piperidine rings is 1. The number of likely N-dealkylation sites (N-methyl/N-ethyl adjacent to an activating group) is 1. The van der Waals surface area contributed by atoms with Gasteiger partial charge in [0.1, 0.15) is 0 Å². The van der Waals surface area contributed by atoms with Crippen LogP contribution in [0.4, 0.5) is 13.2 Å². The molecule has 0 bridgehead atoms. The Morgan fingerprint density at radius 1 is 1.28 bits per heavy atom. The quantitative estimate of drug-likeness (QED) is 0.569. The summed E-state index contributed by atoms with van der Waals surface area (Å²) in [7, 11) is 0. The summed E-state index contributed by atoms with van der Waals surface area (Å²) >= 11 is 0. The maximum Gasteiger partial charge on any atom is 0.422 e. The van der Waals surface area contributed by atoms with Crippen molar-refractivity contribution in [2.24, 2.45) is 16.9 Å². The minimum Gasteiger partial charge on any atom is -0.449 e. The molecule has 25 heavy (non-hydrogen) atoms. The van der Waals surface area contributed by atoms with Crippen molar-refractivity contribution < 1.29 is 27.5 Å². The van der Waals surface area contributed by atoms with Crippen molar-refractivity contribution in [3.05, 3.63) is 0 Å². The van der Waals surface area contributed by atoms with E-state index in [2.05, 4.69) is 9.84 Å². The van der Waals surface area contributed by atoms with Gasteiger partial charge in [0.2, 0.25) is 0 Å². The average Bonchev–Trinajstić information content (AvgIpc) is 2.92. The molecular formula is C16H24F3N3O3. The SMILES string of the molecule is CCN1N=CC(C)C1[C@@H]1CC[C@H](C)CN1C(=O)C(=O)OCC(F)(F)F. The number of esters is 1. The van der Waals surface area contributed by atoms with E-state index in [9.17, 15) is 22.8 Å². The summed E-state index contributed by atoms with van der Waals surface area (Å²) in [6.45, 7) is 5.09. The zero-order valence-electron chi connectivity index (χ0n) is 14.6. The molecule has 9 heteroatoms. The maximum absolute atomic E-state index is 12.5. The van der Waals surface area contributed by atoms with Gasteiger partial charge in [0, 0.05) is 25.2 Å². The standard InChI is InChI=1S/C16H24F3N3O3/c1-4-22-13(11(3)7-20-22)12-6-5-10(2)8-21(12)14(23)15(24)25-9-16(17,18)19/h7,10-13H,4-6,8-9H2,1-3H3/t10-,11?,12-,13?/m0/s1. The van der Waals surface area contributed by atoms with Crippen molar-refractivity contribution in [2.75, 3.05) is 19.7 Å². The summed E-state index contributed by atoms with van der Waals surface area (Å²) in [6, 6.07) is -0.364. The first-order valence-electron chi connectivity index (χ1n) is 8.49. The van der Waals surface area contributed by atoms with E-state index >= 15 is 0 Å². The van der Waals surface area contributed by atoms with E-state index in [0.29, 0.717) is 19.5 Å². The normalized spacial score (nSPS) is 29.8. The predicted molar refractivity (Wildman–Crippen MR) is 84.7 cm³/mol. The van der Waals surface area contributed by atoms with E-state index in [1.807, 2.05) is 25.8 Å². The molecule has 0 radical (unpaired) electrons. The topological polar surface area (TPSA) is 62.2 Å². The molecule has 6 nitrogen and oxygen atoms in total. The van der Waals surface area contributed by atoms with Gasteiger partial charge in [-0.15, -0.1) is 0 Å². The Morgan fingerprint density at radius 2 is 1.96 bits per heavy atom. The van der Waals surface area contributed by atoms with Gasteiger partial charge in [-0.1, -0.05) is 13.8 Å². The van der Waals surface area contributed by atoms with Crippen molar-refractivity contribution in [1.82, 2.24) is 9.91 Å². The van der Waals surface area contributed by atoms with E-state index in [1.165, 1.54) is 4.90 Å². The highest BCUT2D eigenvalue weighted by Crippen LogP contribution is 2.31. The summed E-state index contributed by atoms with van der Waals surface area (Å²) in [4.78, 5) is 25.7. The summed E-state index contributed by atoms with van der Waals surface area (Å²) in [5, 5.41) is 6.19. The molecule has 0 N–H and O–H groups in total. The van der Waals surface area contributed by atoms with Gasteiger partial charge in [-0.2, -0.15) is 18.3 Å². The van der Waals surface area contributed by atoms with Crippen LogP contribution in [0.1, 0.15) is 33.6 Å². The van der Waals surface area contributed by atoms with Crippen molar-refractivity contribution >= 4 is 18.1 Å². The fourth-order valence-electron chi connectivity index (χ4n) is 3.56. The highest BCUT2D eigenvalue weighted by Gasteiger charge is 2.44. The highest BCUT2D eigenvalue weighted by atomic mass is 19.4. The highest BCUT2D eigenvalue weighted by molar-refractivity contribution is 6.32.